The van der Waals surface area contributed by atoms with E-state index in [0.717, 1.165) is 16.8 Å². The zero-order chi connectivity index (χ0) is 26.1. The van der Waals surface area contributed by atoms with Gasteiger partial charge in [-0.25, -0.2) is 13.4 Å². The normalized spacial score (nSPS) is 18.6. The van der Waals surface area contributed by atoms with Gasteiger partial charge in [0, 0.05) is 29.9 Å². The van der Waals surface area contributed by atoms with Crippen LogP contribution >= 0.6 is 0 Å². The molecule has 11 heteroatoms. The van der Waals surface area contributed by atoms with Crippen LogP contribution < -0.4 is 15.5 Å². The maximum Gasteiger partial charge on any atom is 0.317 e. The van der Waals surface area contributed by atoms with Crippen molar-refractivity contribution < 1.29 is 17.6 Å². The van der Waals surface area contributed by atoms with Gasteiger partial charge in [-0.2, -0.15) is 0 Å². The highest BCUT2D eigenvalue weighted by molar-refractivity contribution is 7.91. The number of aliphatic imine (C=N–C) groups is 1. The molecule has 2 N–H and O–H groups in total. The summed E-state index contributed by atoms with van der Waals surface area (Å²) in [5, 5.41) is 14.2. The summed E-state index contributed by atoms with van der Waals surface area (Å²) in [4.78, 5) is 19.9. The lowest BCUT2D eigenvalue weighted by atomic mass is 10.0. The minimum Gasteiger partial charge on any atom is -0.403 e. The number of aromatic nitrogens is 2. The van der Waals surface area contributed by atoms with Gasteiger partial charge in [-0.15, -0.1) is 5.10 Å². The summed E-state index contributed by atoms with van der Waals surface area (Å²) in [5.74, 6) is 0.0804. The Morgan fingerprint density at radius 1 is 0.868 bits per heavy atom. The zero-order valence-corrected chi connectivity index (χ0v) is 21.1. The number of carbonyl (C=O) groups excluding carboxylic acids is 1. The Balaban J connectivity index is 1.30. The van der Waals surface area contributed by atoms with Crippen LogP contribution in [-0.4, -0.2) is 61.0 Å². The van der Waals surface area contributed by atoms with Crippen LogP contribution in [0.1, 0.15) is 11.1 Å². The summed E-state index contributed by atoms with van der Waals surface area (Å²) in [6.45, 7) is 0.775. The topological polar surface area (TPSA) is 130 Å². The molecule has 1 aromatic heterocycles. The number of anilines is 3. The van der Waals surface area contributed by atoms with E-state index in [1.54, 1.807) is 0 Å². The third-order valence-corrected chi connectivity index (χ3v) is 8.11. The van der Waals surface area contributed by atoms with Gasteiger partial charge in [0.25, 0.3) is 11.8 Å². The van der Waals surface area contributed by atoms with Crippen LogP contribution in [0.15, 0.2) is 88.3 Å². The first-order valence-corrected chi connectivity index (χ1v) is 14.0. The Morgan fingerprint density at radius 3 is 2.34 bits per heavy atom. The number of amides is 1. The van der Waals surface area contributed by atoms with Crippen molar-refractivity contribution in [2.45, 2.75) is 6.17 Å². The molecule has 0 aliphatic carbocycles. The van der Waals surface area contributed by atoms with Crippen molar-refractivity contribution in [3.63, 3.8) is 0 Å². The Labute approximate surface area is 219 Å². The molecule has 2 aliphatic rings. The van der Waals surface area contributed by atoms with Crippen LogP contribution in [0, 0.1) is 0 Å². The van der Waals surface area contributed by atoms with E-state index in [2.05, 4.69) is 20.8 Å². The summed E-state index contributed by atoms with van der Waals surface area (Å²) < 4.78 is 29.7. The van der Waals surface area contributed by atoms with Crippen LogP contribution in [0.4, 0.5) is 17.4 Å². The van der Waals surface area contributed by atoms with Gasteiger partial charge < -0.3 is 20.0 Å². The van der Waals surface area contributed by atoms with Gasteiger partial charge in [0.1, 0.15) is 0 Å². The Bertz CT molecular complexity index is 1620. The molecule has 1 fully saturated rings. The molecule has 4 aromatic rings. The van der Waals surface area contributed by atoms with E-state index in [4.69, 9.17) is 9.41 Å². The second-order valence-electron chi connectivity index (χ2n) is 8.99. The van der Waals surface area contributed by atoms with Crippen molar-refractivity contribution in [2.75, 3.05) is 40.1 Å². The fourth-order valence-corrected chi connectivity index (χ4v) is 5.77. The third kappa shape index (κ3) is 4.75. The van der Waals surface area contributed by atoms with Gasteiger partial charge in [-0.05, 0) is 18.2 Å². The first-order chi connectivity index (χ1) is 18.5. The van der Waals surface area contributed by atoms with Crippen LogP contribution in [0.25, 0.3) is 11.5 Å². The highest BCUT2D eigenvalue weighted by Gasteiger charge is 2.28. The number of rotatable bonds is 5. The van der Waals surface area contributed by atoms with Gasteiger partial charge in [0.15, 0.2) is 9.84 Å². The van der Waals surface area contributed by atoms with Crippen molar-refractivity contribution in [1.29, 1.82) is 0 Å². The van der Waals surface area contributed by atoms with E-state index in [9.17, 15) is 13.2 Å². The monoisotopic (exact) mass is 528 g/mol. The number of hydrogen-bond donors (Lipinski definition) is 2. The number of para-hydroxylation sites is 2. The molecule has 2 aliphatic heterocycles. The Hall–Kier alpha value is -4.51. The first-order valence-electron chi connectivity index (χ1n) is 12.2. The molecule has 10 nitrogen and oxygen atoms in total. The summed E-state index contributed by atoms with van der Waals surface area (Å²) in [6.07, 6.45) is -1.02. The lowest BCUT2D eigenvalue weighted by Crippen LogP contribution is -2.40. The van der Waals surface area contributed by atoms with Gasteiger partial charge in [0.05, 0.1) is 28.5 Å². The van der Waals surface area contributed by atoms with Crippen molar-refractivity contribution >= 4 is 38.8 Å². The van der Waals surface area contributed by atoms with Crippen LogP contribution in [0.3, 0.4) is 0 Å². The highest BCUT2D eigenvalue weighted by Crippen LogP contribution is 2.32. The van der Waals surface area contributed by atoms with Gasteiger partial charge in [-0.3, -0.25) is 4.79 Å². The number of benzene rings is 3. The molecular formula is C27H24N6O4S. The summed E-state index contributed by atoms with van der Waals surface area (Å²) >= 11 is 0. The maximum absolute atomic E-state index is 13.1. The second-order valence-corrected chi connectivity index (χ2v) is 11.3. The largest absolute Gasteiger partial charge is 0.403 e. The van der Waals surface area contributed by atoms with Gasteiger partial charge in [0.2, 0.25) is 6.17 Å². The molecule has 1 amide bonds. The minimum absolute atomic E-state index is 0.0401. The highest BCUT2D eigenvalue weighted by atomic mass is 32.2. The van der Waals surface area contributed by atoms with Crippen molar-refractivity contribution in [3.05, 3.63) is 90.0 Å². The molecule has 0 spiro atoms. The Morgan fingerprint density at radius 2 is 1.55 bits per heavy atom. The van der Waals surface area contributed by atoms with E-state index in [1.807, 2.05) is 83.8 Å². The smallest absolute Gasteiger partial charge is 0.317 e. The summed E-state index contributed by atoms with van der Waals surface area (Å²) in [6, 6.07) is 24.7. The first kappa shape index (κ1) is 23.9. The Kier molecular flexibility index (Phi) is 6.12. The number of carbonyl (C=O) groups is 1. The second kappa shape index (κ2) is 9.75. The molecule has 1 saturated heterocycles. The fraction of sp³-hybridized carbons (Fsp3) is 0.185. The van der Waals surface area contributed by atoms with Crippen molar-refractivity contribution in [3.8, 4) is 11.5 Å². The zero-order valence-electron chi connectivity index (χ0n) is 20.2. The van der Waals surface area contributed by atoms with Crippen LogP contribution in [-0.2, 0) is 14.6 Å². The van der Waals surface area contributed by atoms with Crippen LogP contribution in [0.2, 0.25) is 0 Å². The molecular weight excluding hydrogens is 504 g/mol. The standard InChI is InChI=1S/C27H24N6O4S/c34-25-24(29-23(18-8-2-1-3-9-18)19-10-4-6-12-21(19)28-25)30-27-32-31-26(37-27)20-11-5-7-13-22(20)33-14-16-38(35,36)17-15-33/h1-13,24H,14-17H2,(H,28,34)(H,30,32). The van der Waals surface area contributed by atoms with E-state index in [-0.39, 0.29) is 29.3 Å². The van der Waals surface area contributed by atoms with E-state index in [0.29, 0.717) is 30.1 Å². The van der Waals surface area contributed by atoms with E-state index < -0.39 is 16.0 Å². The molecule has 0 radical (unpaired) electrons. The molecule has 0 bridgehead atoms. The molecule has 1 atom stereocenters. The molecule has 6 rings (SSSR count). The van der Waals surface area contributed by atoms with E-state index >= 15 is 0 Å². The molecule has 192 valence electrons. The predicted octanol–water partition coefficient (Wildman–Crippen LogP) is 3.20. The molecule has 1 unspecified atom stereocenters. The molecule has 0 saturated carbocycles. The lowest BCUT2D eigenvalue weighted by molar-refractivity contribution is -0.116. The number of fused-ring (bicyclic) bond motifs is 1. The number of hydrogen-bond acceptors (Lipinski definition) is 9. The number of sulfone groups is 1. The molecule has 3 aromatic carbocycles. The number of benzodiazepines with no additional fused rings is 1. The number of nitrogens with zero attached hydrogens (tertiary/aromatic N) is 4. The minimum atomic E-state index is -3.02. The van der Waals surface area contributed by atoms with Crippen molar-refractivity contribution in [2.24, 2.45) is 4.99 Å². The quantitative estimate of drug-likeness (QED) is 0.404. The van der Waals surface area contributed by atoms with Gasteiger partial charge in [-0.1, -0.05) is 65.8 Å². The molecule has 38 heavy (non-hydrogen) atoms. The number of nitrogens with one attached hydrogen (secondary N) is 2. The summed E-state index contributed by atoms with van der Waals surface area (Å²) in [7, 11) is -3.02. The molecule has 3 heterocycles. The van der Waals surface area contributed by atoms with Crippen molar-refractivity contribution in [1.82, 2.24) is 10.2 Å². The van der Waals surface area contributed by atoms with Crippen LogP contribution in [0.5, 0.6) is 0 Å². The summed E-state index contributed by atoms with van der Waals surface area (Å²) in [5.41, 5.74) is 4.48. The lowest BCUT2D eigenvalue weighted by Gasteiger charge is -2.29. The van der Waals surface area contributed by atoms with E-state index in [1.165, 1.54) is 0 Å². The third-order valence-electron chi connectivity index (χ3n) is 6.50. The average molecular weight is 529 g/mol. The predicted molar refractivity (Wildman–Crippen MR) is 145 cm³/mol. The van der Waals surface area contributed by atoms with Gasteiger partial charge >= 0.3 is 6.01 Å². The SMILES string of the molecule is O=C1Nc2ccccc2C(c2ccccc2)=NC1Nc1nnc(-c2ccccc2N2CCS(=O)(=O)CC2)o1. The fourth-order valence-electron chi connectivity index (χ4n) is 4.57. The maximum atomic E-state index is 13.1. The average Bonchev–Trinajstić information content (AvgIpc) is 3.35.